The first kappa shape index (κ1) is 11.7. The SMILES string of the molecule is CN(CC12CC3CC(CC(C3)C1)C2)C(=S)NN. The fourth-order valence-corrected chi connectivity index (χ4v) is 5.23. The summed E-state index contributed by atoms with van der Waals surface area (Å²) in [4.78, 5) is 2.14. The lowest BCUT2D eigenvalue weighted by molar-refractivity contribution is -0.0596. The fraction of sp³-hybridized carbons (Fsp3) is 0.923. The van der Waals surface area contributed by atoms with E-state index in [1.165, 1.54) is 38.5 Å². The molecule has 0 aromatic heterocycles. The summed E-state index contributed by atoms with van der Waals surface area (Å²) in [6.45, 7) is 1.10. The monoisotopic (exact) mass is 253 g/mol. The van der Waals surface area contributed by atoms with Gasteiger partial charge in [-0.05, 0) is 73.9 Å². The Kier molecular flexibility index (Phi) is 2.82. The third-order valence-corrected chi connectivity index (χ3v) is 5.64. The topological polar surface area (TPSA) is 41.3 Å². The Morgan fingerprint density at radius 2 is 1.71 bits per heavy atom. The van der Waals surface area contributed by atoms with E-state index in [0.717, 1.165) is 24.3 Å². The summed E-state index contributed by atoms with van der Waals surface area (Å²) in [7, 11) is 2.07. The number of hydrogen-bond acceptors (Lipinski definition) is 2. The molecule has 0 heterocycles. The molecule has 0 aromatic rings. The van der Waals surface area contributed by atoms with Crippen LogP contribution in [0.3, 0.4) is 0 Å². The van der Waals surface area contributed by atoms with Crippen molar-refractivity contribution in [3.05, 3.63) is 0 Å². The Morgan fingerprint density at radius 3 is 2.12 bits per heavy atom. The van der Waals surface area contributed by atoms with Gasteiger partial charge in [-0.25, -0.2) is 5.84 Å². The summed E-state index contributed by atoms with van der Waals surface area (Å²) in [6.07, 6.45) is 8.79. The first-order chi connectivity index (χ1) is 8.10. The zero-order valence-corrected chi connectivity index (χ0v) is 11.4. The molecule has 4 aliphatic carbocycles. The number of hydrogen-bond donors (Lipinski definition) is 2. The summed E-state index contributed by atoms with van der Waals surface area (Å²) in [6, 6.07) is 0. The normalized spacial score (nSPS) is 42.6. The highest BCUT2D eigenvalue weighted by molar-refractivity contribution is 7.80. The van der Waals surface area contributed by atoms with E-state index in [1.807, 2.05) is 0 Å². The Balaban J connectivity index is 1.72. The lowest BCUT2D eigenvalue weighted by Gasteiger charge is -2.57. The summed E-state index contributed by atoms with van der Waals surface area (Å²) in [5, 5.41) is 0.681. The fourth-order valence-electron chi connectivity index (χ4n) is 5.17. The molecule has 3 nitrogen and oxygen atoms in total. The number of rotatable bonds is 2. The maximum Gasteiger partial charge on any atom is 0.183 e. The summed E-state index contributed by atoms with van der Waals surface area (Å²) in [5.41, 5.74) is 3.15. The van der Waals surface area contributed by atoms with Gasteiger partial charge >= 0.3 is 0 Å². The lowest BCUT2D eigenvalue weighted by Crippen LogP contribution is -2.53. The van der Waals surface area contributed by atoms with Crippen molar-refractivity contribution in [1.82, 2.24) is 10.3 Å². The van der Waals surface area contributed by atoms with Crippen LogP contribution < -0.4 is 11.3 Å². The molecule has 4 bridgehead atoms. The molecular weight excluding hydrogens is 230 g/mol. The second kappa shape index (κ2) is 4.09. The maximum absolute atomic E-state index is 5.41. The molecule has 0 saturated heterocycles. The van der Waals surface area contributed by atoms with Gasteiger partial charge in [-0.1, -0.05) is 0 Å². The summed E-state index contributed by atoms with van der Waals surface area (Å²) in [5.74, 6) is 8.43. The van der Waals surface area contributed by atoms with Crippen molar-refractivity contribution in [3.8, 4) is 0 Å². The van der Waals surface area contributed by atoms with Crippen LogP contribution in [0.25, 0.3) is 0 Å². The minimum absolute atomic E-state index is 0.546. The van der Waals surface area contributed by atoms with Crippen LogP contribution in [0.2, 0.25) is 0 Å². The van der Waals surface area contributed by atoms with Gasteiger partial charge in [0.25, 0.3) is 0 Å². The maximum atomic E-state index is 5.41. The highest BCUT2D eigenvalue weighted by Crippen LogP contribution is 2.60. The second-order valence-corrected chi connectivity index (χ2v) is 7.11. The minimum atomic E-state index is 0.546. The van der Waals surface area contributed by atoms with E-state index in [1.54, 1.807) is 0 Å². The van der Waals surface area contributed by atoms with Crippen LogP contribution in [0.5, 0.6) is 0 Å². The molecule has 0 atom stereocenters. The molecule has 4 rings (SSSR count). The molecule has 17 heavy (non-hydrogen) atoms. The van der Waals surface area contributed by atoms with E-state index in [0.29, 0.717) is 10.5 Å². The molecule has 0 radical (unpaired) electrons. The van der Waals surface area contributed by atoms with E-state index in [4.69, 9.17) is 18.1 Å². The van der Waals surface area contributed by atoms with Gasteiger partial charge < -0.3 is 10.3 Å². The third-order valence-electron chi connectivity index (χ3n) is 5.21. The van der Waals surface area contributed by atoms with Gasteiger partial charge in [0.05, 0.1) is 0 Å². The molecule has 0 amide bonds. The van der Waals surface area contributed by atoms with Crippen molar-refractivity contribution in [3.63, 3.8) is 0 Å². The molecule has 4 fully saturated rings. The van der Waals surface area contributed by atoms with Crippen LogP contribution in [-0.4, -0.2) is 23.6 Å². The van der Waals surface area contributed by atoms with Crippen molar-refractivity contribution in [1.29, 1.82) is 0 Å². The quantitative estimate of drug-likeness (QED) is 0.448. The number of nitrogens with one attached hydrogen (secondary N) is 1. The highest BCUT2D eigenvalue weighted by Gasteiger charge is 2.51. The Morgan fingerprint density at radius 1 is 1.24 bits per heavy atom. The van der Waals surface area contributed by atoms with Gasteiger partial charge in [-0.15, -0.1) is 0 Å². The van der Waals surface area contributed by atoms with Gasteiger partial charge in [-0.3, -0.25) is 0 Å². The molecular formula is C13H23N3S. The second-order valence-electron chi connectivity index (χ2n) is 6.72. The molecule has 4 heteroatoms. The lowest BCUT2D eigenvalue weighted by atomic mass is 9.49. The van der Waals surface area contributed by atoms with Crippen LogP contribution in [0.15, 0.2) is 0 Å². The molecule has 96 valence electrons. The van der Waals surface area contributed by atoms with E-state index >= 15 is 0 Å². The van der Waals surface area contributed by atoms with Crippen LogP contribution >= 0.6 is 12.2 Å². The van der Waals surface area contributed by atoms with Crippen molar-refractivity contribution in [2.75, 3.05) is 13.6 Å². The molecule has 0 unspecified atom stereocenters. The van der Waals surface area contributed by atoms with Gasteiger partial charge in [0, 0.05) is 13.6 Å². The molecule has 4 aliphatic rings. The van der Waals surface area contributed by atoms with Crippen LogP contribution in [0, 0.1) is 23.2 Å². The summed E-state index contributed by atoms with van der Waals surface area (Å²) >= 11 is 5.22. The van der Waals surface area contributed by atoms with Crippen molar-refractivity contribution < 1.29 is 0 Å². The zero-order valence-electron chi connectivity index (χ0n) is 10.6. The van der Waals surface area contributed by atoms with E-state index in [9.17, 15) is 0 Å². The van der Waals surface area contributed by atoms with Crippen molar-refractivity contribution >= 4 is 17.3 Å². The van der Waals surface area contributed by atoms with Gasteiger partial charge in [0.2, 0.25) is 0 Å². The van der Waals surface area contributed by atoms with Crippen LogP contribution in [0.1, 0.15) is 38.5 Å². The molecule has 3 N–H and O–H groups in total. The Bertz CT molecular complexity index is 293. The molecule has 0 aliphatic heterocycles. The van der Waals surface area contributed by atoms with Gasteiger partial charge in [0.1, 0.15) is 0 Å². The van der Waals surface area contributed by atoms with Gasteiger partial charge in [-0.2, -0.15) is 0 Å². The number of nitrogens with zero attached hydrogens (tertiary/aromatic N) is 1. The van der Waals surface area contributed by atoms with Crippen molar-refractivity contribution in [2.24, 2.45) is 29.0 Å². The highest BCUT2D eigenvalue weighted by atomic mass is 32.1. The van der Waals surface area contributed by atoms with Crippen LogP contribution in [-0.2, 0) is 0 Å². The zero-order chi connectivity index (χ0) is 12.0. The van der Waals surface area contributed by atoms with E-state index in [2.05, 4.69) is 17.4 Å². The number of hydrazine groups is 1. The first-order valence-corrected chi connectivity index (χ1v) is 7.23. The smallest absolute Gasteiger partial charge is 0.183 e. The average molecular weight is 253 g/mol. The largest absolute Gasteiger partial charge is 0.351 e. The number of nitrogens with two attached hydrogens (primary N) is 1. The molecule has 0 spiro atoms. The Hall–Kier alpha value is -0.350. The third kappa shape index (κ3) is 2.06. The van der Waals surface area contributed by atoms with E-state index < -0.39 is 0 Å². The molecule has 4 saturated carbocycles. The predicted octanol–water partition coefficient (Wildman–Crippen LogP) is 1.88. The minimum Gasteiger partial charge on any atom is -0.351 e. The van der Waals surface area contributed by atoms with E-state index in [-0.39, 0.29) is 0 Å². The predicted molar refractivity (Wildman–Crippen MR) is 73.2 cm³/mol. The van der Waals surface area contributed by atoms with Crippen LogP contribution in [0.4, 0.5) is 0 Å². The average Bonchev–Trinajstić information content (AvgIpc) is 2.25. The first-order valence-electron chi connectivity index (χ1n) is 6.82. The number of thiocarbonyl (C=S) groups is 1. The Labute approximate surface area is 109 Å². The van der Waals surface area contributed by atoms with Crippen molar-refractivity contribution in [2.45, 2.75) is 38.5 Å². The standard InChI is InChI=1S/C13H23N3S/c1-16(12(17)15-14)8-13-5-9-2-10(6-13)4-11(3-9)7-13/h9-11H,2-8,14H2,1H3,(H,15,17). The summed E-state index contributed by atoms with van der Waals surface area (Å²) < 4.78 is 0. The molecule has 0 aromatic carbocycles. The van der Waals surface area contributed by atoms with Gasteiger partial charge in [0.15, 0.2) is 5.11 Å².